The highest BCUT2D eigenvalue weighted by Crippen LogP contribution is 2.35. The number of amides is 5. The molecule has 3 N–H and O–H groups in total. The number of nitrogens with one attached hydrogen (secondary N) is 2. The van der Waals surface area contributed by atoms with Crippen molar-refractivity contribution in [1.82, 2.24) is 34.7 Å². The number of rotatable bonds is 12. The van der Waals surface area contributed by atoms with Crippen LogP contribution in [0.1, 0.15) is 43.9 Å². The molecule has 7 rings (SSSR count). The van der Waals surface area contributed by atoms with Gasteiger partial charge in [0.25, 0.3) is 0 Å². The van der Waals surface area contributed by atoms with Crippen molar-refractivity contribution in [3.63, 3.8) is 0 Å². The molecule has 0 unspecified atom stereocenters. The molecule has 0 spiro atoms. The molecule has 306 valence electrons. The van der Waals surface area contributed by atoms with Gasteiger partial charge in [0.2, 0.25) is 17.7 Å². The fourth-order valence-corrected chi connectivity index (χ4v) is 8.02. The molecule has 13 heteroatoms. The number of urea groups is 1. The summed E-state index contributed by atoms with van der Waals surface area (Å²) in [5.74, 6) is -0.0755. The second-order valence-electron chi connectivity index (χ2n) is 16.5. The number of hydrogen-bond acceptors (Lipinski definition) is 7. The lowest BCUT2D eigenvalue weighted by atomic mass is 9.97. The van der Waals surface area contributed by atoms with Crippen molar-refractivity contribution in [2.24, 2.45) is 12.5 Å². The number of phenols is 1. The largest absolute Gasteiger partial charge is 0.508 e. The van der Waals surface area contributed by atoms with Gasteiger partial charge in [0, 0.05) is 68.4 Å². The molecule has 2 fully saturated rings. The Hall–Kier alpha value is -6.47. The molecule has 13 nitrogen and oxygen atoms in total. The Morgan fingerprint density at radius 3 is 2.42 bits per heavy atom. The number of hydrazine groups is 1. The Bertz CT molecular complexity index is 2340. The van der Waals surface area contributed by atoms with E-state index < -0.39 is 12.2 Å². The van der Waals surface area contributed by atoms with Crippen molar-refractivity contribution in [2.75, 3.05) is 31.5 Å². The zero-order valence-electron chi connectivity index (χ0n) is 34.1. The van der Waals surface area contributed by atoms with Crippen molar-refractivity contribution in [3.05, 3.63) is 127 Å². The molecule has 2 aromatic heterocycles. The van der Waals surface area contributed by atoms with Crippen molar-refractivity contribution in [2.45, 2.75) is 58.8 Å². The number of pyridine rings is 1. The van der Waals surface area contributed by atoms with Gasteiger partial charge in [-0.05, 0) is 52.8 Å². The molecule has 59 heavy (non-hydrogen) atoms. The number of para-hydroxylation sites is 1. The molecule has 5 amide bonds. The highest BCUT2D eigenvalue weighted by molar-refractivity contribution is 5.98. The lowest BCUT2D eigenvalue weighted by Crippen LogP contribution is -2.75. The number of aryl methyl sites for hydroxylation is 2. The zero-order chi connectivity index (χ0) is 41.8. The van der Waals surface area contributed by atoms with Crippen LogP contribution in [0, 0.1) is 5.41 Å². The number of anilines is 1. The van der Waals surface area contributed by atoms with Gasteiger partial charge in [-0.15, -0.1) is 6.58 Å². The molecule has 0 bridgehead atoms. The number of aromatic nitrogens is 2. The number of fused-ring (bicyclic) bond motifs is 2. The summed E-state index contributed by atoms with van der Waals surface area (Å²) in [7, 11) is 1.96. The van der Waals surface area contributed by atoms with Crippen molar-refractivity contribution in [1.29, 1.82) is 0 Å². The molecule has 4 heterocycles. The molecule has 0 radical (unpaired) electrons. The van der Waals surface area contributed by atoms with Gasteiger partial charge in [-0.25, -0.2) is 19.8 Å². The predicted octanol–water partition coefficient (Wildman–Crippen LogP) is 6.10. The minimum Gasteiger partial charge on any atom is -0.508 e. The summed E-state index contributed by atoms with van der Waals surface area (Å²) in [5.41, 5.74) is 5.39. The summed E-state index contributed by atoms with van der Waals surface area (Å²) in [5, 5.41) is 20.1. The number of carbonyl (C=O) groups is 4. The molecule has 2 atom stereocenters. The quantitative estimate of drug-likeness (QED) is 0.130. The topological polar surface area (TPSA) is 143 Å². The summed E-state index contributed by atoms with van der Waals surface area (Å²) in [6.07, 6.45) is 5.64. The first-order valence-electron chi connectivity index (χ1n) is 20.0. The first-order valence-corrected chi connectivity index (χ1v) is 20.0. The van der Waals surface area contributed by atoms with E-state index in [0.717, 1.165) is 38.7 Å². The van der Waals surface area contributed by atoms with Crippen LogP contribution in [0.25, 0.3) is 22.0 Å². The van der Waals surface area contributed by atoms with E-state index in [9.17, 15) is 24.3 Å². The van der Waals surface area contributed by atoms with Gasteiger partial charge in [-0.1, -0.05) is 87.5 Å². The van der Waals surface area contributed by atoms with E-state index in [1.54, 1.807) is 62.4 Å². The third-order valence-corrected chi connectivity index (χ3v) is 10.8. The Balaban J connectivity index is 1.20. The molecule has 5 aromatic rings. The molecule has 0 aliphatic carbocycles. The van der Waals surface area contributed by atoms with Gasteiger partial charge >= 0.3 is 6.03 Å². The Kier molecular flexibility index (Phi) is 11.9. The van der Waals surface area contributed by atoms with Crippen LogP contribution >= 0.6 is 0 Å². The van der Waals surface area contributed by atoms with Crippen LogP contribution < -0.4 is 10.6 Å². The Morgan fingerprint density at radius 1 is 0.966 bits per heavy atom. The average molecular weight is 797 g/mol. The van der Waals surface area contributed by atoms with Gasteiger partial charge in [0.1, 0.15) is 23.8 Å². The number of nitrogens with zero attached hydrogens (tertiary/aromatic N) is 6. The Labute approximate surface area is 344 Å². The summed E-state index contributed by atoms with van der Waals surface area (Å²) < 4.78 is 2.04. The minimum atomic E-state index is -0.891. The van der Waals surface area contributed by atoms with E-state index in [2.05, 4.69) is 22.2 Å². The second-order valence-corrected chi connectivity index (χ2v) is 16.5. The summed E-state index contributed by atoms with van der Waals surface area (Å²) >= 11 is 0. The molecular weight excluding hydrogens is 745 g/mol. The van der Waals surface area contributed by atoms with Gasteiger partial charge in [-0.2, -0.15) is 0 Å². The third-order valence-electron chi connectivity index (χ3n) is 10.8. The first kappa shape index (κ1) is 40.7. The maximum Gasteiger partial charge on any atom is 0.320 e. The second kappa shape index (κ2) is 17.2. The fourth-order valence-electron chi connectivity index (χ4n) is 8.02. The maximum atomic E-state index is 14.7. The molecular formula is C46H52N8O5. The summed E-state index contributed by atoms with van der Waals surface area (Å²) in [6, 6.07) is 24.9. The highest BCUT2D eigenvalue weighted by Gasteiger charge is 2.51. The number of benzene rings is 3. The van der Waals surface area contributed by atoms with Gasteiger partial charge in [0.05, 0.1) is 18.6 Å². The van der Waals surface area contributed by atoms with E-state index in [4.69, 9.17) is 0 Å². The zero-order valence-corrected chi connectivity index (χ0v) is 34.1. The van der Waals surface area contributed by atoms with Crippen LogP contribution in [0.15, 0.2) is 110 Å². The summed E-state index contributed by atoms with van der Waals surface area (Å²) in [4.78, 5) is 63.5. The van der Waals surface area contributed by atoms with Crippen molar-refractivity contribution >= 4 is 40.5 Å². The minimum absolute atomic E-state index is 0.0530. The van der Waals surface area contributed by atoms with E-state index in [1.807, 2.05) is 93.2 Å². The normalized spacial score (nSPS) is 17.3. The third kappa shape index (κ3) is 9.15. The van der Waals surface area contributed by atoms with E-state index in [0.29, 0.717) is 18.8 Å². The number of hydrogen-bond donors (Lipinski definition) is 3. The van der Waals surface area contributed by atoms with Gasteiger partial charge < -0.3 is 24.8 Å². The van der Waals surface area contributed by atoms with E-state index in [-0.39, 0.29) is 73.9 Å². The number of aromatic hydroxyl groups is 1. The van der Waals surface area contributed by atoms with E-state index >= 15 is 0 Å². The first-order chi connectivity index (χ1) is 28.3. The van der Waals surface area contributed by atoms with Crippen LogP contribution in [-0.4, -0.2) is 96.6 Å². The monoisotopic (exact) mass is 796 g/mol. The fraction of sp³-hybridized carbons (Fsp3) is 0.326. The molecule has 3 aromatic carbocycles. The molecule has 2 aliphatic heterocycles. The van der Waals surface area contributed by atoms with Crippen molar-refractivity contribution in [3.8, 4) is 16.9 Å². The highest BCUT2D eigenvalue weighted by atomic mass is 16.3. The lowest BCUT2D eigenvalue weighted by molar-refractivity contribution is -0.205. The average Bonchev–Trinajstić information content (AvgIpc) is 3.55. The maximum absolute atomic E-state index is 14.7. The summed E-state index contributed by atoms with van der Waals surface area (Å²) in [6.45, 7) is 11.1. The predicted molar refractivity (Wildman–Crippen MR) is 228 cm³/mol. The molecule has 2 aliphatic rings. The molecule has 0 saturated carbocycles. The molecule has 2 saturated heterocycles. The SMILES string of the molecule is C=CCN1CC(=O)N2[C@@H](Cc3ccc(O)cc3)C(=O)N(Cc3cccc4c(-c5ccc(NC(=O)NCC(C)(C)C)nc5)cn(C)c34)C[C@@H]2N1C(=O)CCc1ccccc1. The van der Waals surface area contributed by atoms with Crippen LogP contribution in [-0.2, 0) is 40.8 Å². The van der Waals surface area contributed by atoms with Crippen LogP contribution in [0.4, 0.5) is 10.6 Å². The van der Waals surface area contributed by atoms with Gasteiger partial charge in [-0.3, -0.25) is 19.7 Å². The lowest BCUT2D eigenvalue weighted by Gasteiger charge is -2.55. The Morgan fingerprint density at radius 2 is 1.73 bits per heavy atom. The number of piperazine rings is 1. The van der Waals surface area contributed by atoms with Crippen LogP contribution in [0.2, 0.25) is 0 Å². The standard InChI is InChI=1S/C46H52N8O5/c1-6-23-52-29-42(57)53-38(24-32-15-19-35(55)20-16-32)44(58)51(28-40(53)54(52)41(56)22-17-31-11-8-7-9-12-31)26-34-13-10-14-36-37(27-50(5)43(34)36)33-18-21-39(47-25-33)49-45(59)48-30-46(2,3)4/h6-16,18-21,25,27,38,40,55H,1,17,22-24,26,28-30H2,2-5H3,(H2,47,48,49,59)/t38-,40-/m0/s1. The van der Waals surface area contributed by atoms with Crippen molar-refractivity contribution < 1.29 is 24.3 Å². The van der Waals surface area contributed by atoms with Gasteiger partial charge in [0.15, 0.2) is 0 Å². The number of carbonyl (C=O) groups excluding carboxylic acids is 4. The number of phenolic OH excluding ortho intramolecular Hbond substituents is 1. The van der Waals surface area contributed by atoms with Crippen LogP contribution in [0.3, 0.4) is 0 Å². The van der Waals surface area contributed by atoms with Crippen LogP contribution in [0.5, 0.6) is 5.75 Å². The smallest absolute Gasteiger partial charge is 0.320 e. The van der Waals surface area contributed by atoms with E-state index in [1.165, 1.54) is 0 Å².